The molecule has 2 amide bonds. The molecule has 2 aliphatic rings. The Hall–Kier alpha value is -3.34. The number of benzene rings is 2. The van der Waals surface area contributed by atoms with Crippen LogP contribution in [-0.2, 0) is 26.0 Å². The van der Waals surface area contributed by atoms with Crippen molar-refractivity contribution < 1.29 is 27.1 Å². The number of amides is 2. The predicted octanol–water partition coefficient (Wildman–Crippen LogP) is 2.75. The minimum Gasteiger partial charge on any atom is -0.449 e. The molecule has 1 saturated heterocycles. The number of piperazine rings is 1. The van der Waals surface area contributed by atoms with Crippen LogP contribution in [0.4, 0.5) is 20.6 Å². The second-order valence-corrected chi connectivity index (χ2v) is 10.6. The van der Waals surface area contributed by atoms with E-state index in [0.717, 1.165) is 36.3 Å². The largest absolute Gasteiger partial charge is 0.449 e. The van der Waals surface area contributed by atoms with Gasteiger partial charge in [-0.3, -0.25) is 4.79 Å². The number of carbonyl (C=O) groups is 2. The molecule has 1 atom stereocenters. The lowest BCUT2D eigenvalue weighted by atomic mass is 9.99. The molecule has 2 aromatic carbocycles. The normalized spacial score (nSPS) is 16.8. The van der Waals surface area contributed by atoms with E-state index in [-0.39, 0.29) is 29.3 Å². The first-order valence-corrected chi connectivity index (χ1v) is 13.6. The van der Waals surface area contributed by atoms with Crippen molar-refractivity contribution in [2.24, 2.45) is 0 Å². The molecule has 0 spiro atoms. The number of fused-ring (bicyclic) bond motifs is 1. The number of anilines is 2. The summed E-state index contributed by atoms with van der Waals surface area (Å²) in [6, 6.07) is 10.7. The molecule has 1 N–H and O–H groups in total. The van der Waals surface area contributed by atoms with Crippen molar-refractivity contribution in [3.05, 3.63) is 53.8 Å². The maximum absolute atomic E-state index is 13.7. The first-order valence-electron chi connectivity index (χ1n) is 12.1. The molecular formula is C25H31FN4O5S. The van der Waals surface area contributed by atoms with E-state index in [9.17, 15) is 22.4 Å². The van der Waals surface area contributed by atoms with Gasteiger partial charge in [-0.1, -0.05) is 0 Å². The molecular weight excluding hydrogens is 487 g/mol. The van der Waals surface area contributed by atoms with Gasteiger partial charge in [0.15, 0.2) is 0 Å². The molecule has 194 valence electrons. The summed E-state index contributed by atoms with van der Waals surface area (Å²) in [4.78, 5) is 30.7. The summed E-state index contributed by atoms with van der Waals surface area (Å²) in [6.45, 7) is 6.60. The number of ether oxygens (including phenoxy) is 1. The SMILES string of the molecule is CCOC(=O)NS(=O)(=O)c1ccc(N2CCN(C(=O)C(C)N3CCCc4cc(F)ccc43)CC2)cc1. The summed E-state index contributed by atoms with van der Waals surface area (Å²) < 4.78 is 44.8. The summed E-state index contributed by atoms with van der Waals surface area (Å²) in [5.74, 6) is -0.218. The zero-order valence-corrected chi connectivity index (χ0v) is 21.3. The van der Waals surface area contributed by atoms with E-state index in [4.69, 9.17) is 0 Å². The monoisotopic (exact) mass is 518 g/mol. The summed E-state index contributed by atoms with van der Waals surface area (Å²) in [5, 5.41) is 0. The van der Waals surface area contributed by atoms with Crippen molar-refractivity contribution in [2.45, 2.75) is 37.6 Å². The lowest BCUT2D eigenvalue weighted by Gasteiger charge is -2.41. The Bertz CT molecular complexity index is 1210. The Labute approximate surface area is 210 Å². The van der Waals surface area contributed by atoms with Crippen LogP contribution in [0.25, 0.3) is 0 Å². The maximum atomic E-state index is 13.7. The molecule has 0 saturated carbocycles. The lowest BCUT2D eigenvalue weighted by molar-refractivity contribution is -0.132. The van der Waals surface area contributed by atoms with Gasteiger partial charge in [0.2, 0.25) is 5.91 Å². The fraction of sp³-hybridized carbons (Fsp3) is 0.440. The smallest absolute Gasteiger partial charge is 0.421 e. The Kier molecular flexibility index (Phi) is 7.67. The second kappa shape index (κ2) is 10.7. The molecule has 1 fully saturated rings. The minimum absolute atomic E-state index is 0.0383. The quantitative estimate of drug-likeness (QED) is 0.628. The summed E-state index contributed by atoms with van der Waals surface area (Å²) in [5.41, 5.74) is 2.69. The predicted molar refractivity (Wildman–Crippen MR) is 134 cm³/mol. The van der Waals surface area contributed by atoms with Crippen LogP contribution in [0, 0.1) is 5.82 Å². The average Bonchev–Trinajstić information content (AvgIpc) is 2.87. The third-order valence-electron chi connectivity index (χ3n) is 6.62. The van der Waals surface area contributed by atoms with E-state index in [1.165, 1.54) is 18.2 Å². The second-order valence-electron chi connectivity index (χ2n) is 8.88. The topological polar surface area (TPSA) is 99.3 Å². The van der Waals surface area contributed by atoms with Gasteiger partial charge >= 0.3 is 6.09 Å². The zero-order chi connectivity index (χ0) is 25.9. The Morgan fingerprint density at radius 1 is 1.06 bits per heavy atom. The molecule has 0 aromatic heterocycles. The number of carbonyl (C=O) groups excluding carboxylic acids is 2. The Balaban J connectivity index is 1.35. The summed E-state index contributed by atoms with van der Waals surface area (Å²) in [6.07, 6.45) is 0.669. The summed E-state index contributed by atoms with van der Waals surface area (Å²) >= 11 is 0. The van der Waals surface area contributed by atoms with Crippen LogP contribution >= 0.6 is 0 Å². The van der Waals surface area contributed by atoms with Gasteiger partial charge < -0.3 is 19.4 Å². The molecule has 1 unspecified atom stereocenters. The van der Waals surface area contributed by atoms with Gasteiger partial charge in [0, 0.05) is 44.1 Å². The lowest BCUT2D eigenvalue weighted by Crippen LogP contribution is -2.55. The van der Waals surface area contributed by atoms with E-state index in [2.05, 4.69) is 14.5 Å². The Morgan fingerprint density at radius 2 is 1.75 bits per heavy atom. The van der Waals surface area contributed by atoms with Crippen molar-refractivity contribution >= 4 is 33.4 Å². The number of aryl methyl sites for hydroxylation is 1. The van der Waals surface area contributed by atoms with E-state index in [0.29, 0.717) is 26.2 Å². The molecule has 2 heterocycles. The van der Waals surface area contributed by atoms with Gasteiger partial charge in [-0.2, -0.15) is 0 Å². The van der Waals surface area contributed by atoms with Crippen LogP contribution in [0.15, 0.2) is 47.4 Å². The van der Waals surface area contributed by atoms with Crippen molar-refractivity contribution in [1.82, 2.24) is 9.62 Å². The molecule has 9 nitrogen and oxygen atoms in total. The van der Waals surface area contributed by atoms with Gasteiger partial charge in [0.1, 0.15) is 11.9 Å². The highest BCUT2D eigenvalue weighted by Crippen LogP contribution is 2.30. The van der Waals surface area contributed by atoms with Crippen molar-refractivity contribution in [2.75, 3.05) is 49.1 Å². The molecule has 0 aliphatic carbocycles. The van der Waals surface area contributed by atoms with E-state index in [1.807, 2.05) is 16.5 Å². The van der Waals surface area contributed by atoms with E-state index >= 15 is 0 Å². The van der Waals surface area contributed by atoms with Crippen molar-refractivity contribution in [3.8, 4) is 0 Å². The van der Waals surface area contributed by atoms with Crippen LogP contribution in [0.3, 0.4) is 0 Å². The number of hydrogen-bond acceptors (Lipinski definition) is 7. The highest BCUT2D eigenvalue weighted by molar-refractivity contribution is 7.90. The third-order valence-corrected chi connectivity index (χ3v) is 7.95. The first kappa shape index (κ1) is 25.7. The van der Waals surface area contributed by atoms with Crippen LogP contribution < -0.4 is 14.5 Å². The van der Waals surface area contributed by atoms with Crippen LogP contribution in [-0.4, -0.2) is 70.7 Å². The van der Waals surface area contributed by atoms with Crippen LogP contribution in [0.2, 0.25) is 0 Å². The van der Waals surface area contributed by atoms with E-state index < -0.39 is 16.1 Å². The van der Waals surface area contributed by atoms with Gasteiger partial charge in [-0.15, -0.1) is 0 Å². The highest BCUT2D eigenvalue weighted by atomic mass is 32.2. The number of halogens is 1. The first-order chi connectivity index (χ1) is 17.2. The van der Waals surface area contributed by atoms with Gasteiger partial charge in [-0.25, -0.2) is 22.3 Å². The third kappa shape index (κ3) is 5.56. The molecule has 0 bridgehead atoms. The van der Waals surface area contributed by atoms with Crippen LogP contribution in [0.1, 0.15) is 25.8 Å². The number of nitrogens with one attached hydrogen (secondary N) is 1. The zero-order valence-electron chi connectivity index (χ0n) is 20.4. The summed E-state index contributed by atoms with van der Waals surface area (Å²) in [7, 11) is -4.01. The maximum Gasteiger partial charge on any atom is 0.421 e. The van der Waals surface area contributed by atoms with Crippen molar-refractivity contribution in [3.63, 3.8) is 0 Å². The van der Waals surface area contributed by atoms with Crippen LogP contribution in [0.5, 0.6) is 0 Å². The minimum atomic E-state index is -4.01. The number of rotatable bonds is 6. The highest BCUT2D eigenvalue weighted by Gasteiger charge is 2.31. The fourth-order valence-electron chi connectivity index (χ4n) is 4.74. The number of sulfonamides is 1. The van der Waals surface area contributed by atoms with E-state index in [1.54, 1.807) is 31.2 Å². The number of nitrogens with zero attached hydrogens (tertiary/aromatic N) is 3. The molecule has 36 heavy (non-hydrogen) atoms. The number of hydrogen-bond donors (Lipinski definition) is 1. The standard InChI is InChI=1S/C25H31FN4O5S/c1-3-35-25(32)27-36(33,34)22-9-7-21(8-10-22)28-13-15-29(16-14-28)24(31)18(2)30-12-4-5-19-17-20(26)6-11-23(19)30/h6-11,17-18H,3-5,12-16H2,1-2H3,(H,27,32). The average molecular weight is 519 g/mol. The van der Waals surface area contributed by atoms with Gasteiger partial charge in [0.25, 0.3) is 10.0 Å². The van der Waals surface area contributed by atoms with Crippen molar-refractivity contribution in [1.29, 1.82) is 0 Å². The molecule has 2 aromatic rings. The Morgan fingerprint density at radius 3 is 2.42 bits per heavy atom. The van der Waals surface area contributed by atoms with Gasteiger partial charge in [0.05, 0.1) is 11.5 Å². The molecule has 4 rings (SSSR count). The molecule has 0 radical (unpaired) electrons. The van der Waals surface area contributed by atoms with Gasteiger partial charge in [-0.05, 0) is 74.7 Å². The molecule has 11 heteroatoms. The fourth-order valence-corrected chi connectivity index (χ4v) is 5.64. The molecule has 2 aliphatic heterocycles.